The minimum atomic E-state index is 0.122. The minimum Gasteiger partial charge on any atom is -0.144 e. The van der Waals surface area contributed by atoms with Crippen molar-refractivity contribution in [3.63, 3.8) is 0 Å². The van der Waals surface area contributed by atoms with Crippen LogP contribution < -0.4 is 0 Å². The molecule has 1 atom stereocenters. The van der Waals surface area contributed by atoms with Crippen molar-refractivity contribution in [3.05, 3.63) is 56.8 Å². The van der Waals surface area contributed by atoms with Crippen LogP contribution in [0.4, 0.5) is 0 Å². The Labute approximate surface area is 124 Å². The Balaban J connectivity index is 1.79. The molecule has 0 radical (unpaired) electrons. The fourth-order valence-corrected chi connectivity index (χ4v) is 4.40. The van der Waals surface area contributed by atoms with Crippen LogP contribution in [0.5, 0.6) is 0 Å². The van der Waals surface area contributed by atoms with E-state index in [9.17, 15) is 0 Å². The molecule has 0 bridgehead atoms. The van der Waals surface area contributed by atoms with Crippen molar-refractivity contribution >= 4 is 22.9 Å². The lowest BCUT2D eigenvalue weighted by atomic mass is 9.98. The van der Waals surface area contributed by atoms with Gasteiger partial charge >= 0.3 is 0 Å². The van der Waals surface area contributed by atoms with Crippen LogP contribution in [0.1, 0.15) is 44.7 Å². The molecule has 0 saturated carbocycles. The zero-order valence-electron chi connectivity index (χ0n) is 11.3. The fourth-order valence-electron chi connectivity index (χ4n) is 2.80. The van der Waals surface area contributed by atoms with E-state index in [2.05, 4.69) is 37.3 Å². The van der Waals surface area contributed by atoms with Crippen molar-refractivity contribution in [3.8, 4) is 0 Å². The van der Waals surface area contributed by atoms with E-state index >= 15 is 0 Å². The first kappa shape index (κ1) is 13.2. The largest absolute Gasteiger partial charge is 0.144 e. The Bertz CT molecular complexity index is 547. The van der Waals surface area contributed by atoms with Gasteiger partial charge in [0.25, 0.3) is 0 Å². The van der Waals surface area contributed by atoms with E-state index in [0.29, 0.717) is 0 Å². The van der Waals surface area contributed by atoms with Gasteiger partial charge in [-0.2, -0.15) is 0 Å². The van der Waals surface area contributed by atoms with E-state index in [1.54, 1.807) is 10.4 Å². The zero-order valence-corrected chi connectivity index (χ0v) is 12.9. The van der Waals surface area contributed by atoms with E-state index in [1.165, 1.54) is 41.7 Å². The first-order chi connectivity index (χ1) is 9.24. The van der Waals surface area contributed by atoms with Crippen molar-refractivity contribution in [1.29, 1.82) is 0 Å². The van der Waals surface area contributed by atoms with Crippen LogP contribution in [-0.4, -0.2) is 0 Å². The van der Waals surface area contributed by atoms with Crippen LogP contribution in [0.3, 0.4) is 0 Å². The highest BCUT2D eigenvalue weighted by molar-refractivity contribution is 7.12. The van der Waals surface area contributed by atoms with Gasteiger partial charge in [0.15, 0.2) is 0 Å². The lowest BCUT2D eigenvalue weighted by Crippen LogP contribution is -1.97. The lowest BCUT2D eigenvalue weighted by molar-refractivity contribution is 0.697. The third-order valence-corrected chi connectivity index (χ3v) is 5.85. The zero-order chi connectivity index (χ0) is 13.2. The van der Waals surface area contributed by atoms with Gasteiger partial charge in [-0.15, -0.1) is 22.9 Å². The van der Waals surface area contributed by atoms with Crippen LogP contribution >= 0.6 is 22.9 Å². The molecular weight excluding hydrogens is 272 g/mol. The van der Waals surface area contributed by atoms with E-state index in [-0.39, 0.29) is 5.38 Å². The highest BCUT2D eigenvalue weighted by atomic mass is 35.5. The molecule has 1 aromatic heterocycles. The number of hydrogen-bond acceptors (Lipinski definition) is 1. The van der Waals surface area contributed by atoms with Gasteiger partial charge < -0.3 is 0 Å². The monoisotopic (exact) mass is 290 g/mol. The number of thiophene rings is 1. The van der Waals surface area contributed by atoms with Gasteiger partial charge in [-0.25, -0.2) is 0 Å². The molecule has 100 valence electrons. The molecule has 0 aliphatic heterocycles. The molecule has 1 aliphatic carbocycles. The number of aryl methyl sites for hydroxylation is 3. The molecule has 19 heavy (non-hydrogen) atoms. The van der Waals surface area contributed by atoms with Gasteiger partial charge in [-0.1, -0.05) is 24.3 Å². The summed E-state index contributed by atoms with van der Waals surface area (Å²) < 4.78 is 0. The molecule has 0 amide bonds. The van der Waals surface area contributed by atoms with Gasteiger partial charge in [0.2, 0.25) is 0 Å². The normalized spacial score (nSPS) is 16.1. The Kier molecular flexibility index (Phi) is 3.95. The van der Waals surface area contributed by atoms with Crippen molar-refractivity contribution in [2.75, 3.05) is 0 Å². The molecule has 1 unspecified atom stereocenters. The maximum absolute atomic E-state index is 6.64. The Morgan fingerprint density at radius 1 is 1.21 bits per heavy atom. The molecule has 2 heteroatoms. The number of halogens is 1. The summed E-state index contributed by atoms with van der Waals surface area (Å²) in [6.07, 6.45) is 6.13. The van der Waals surface area contributed by atoms with E-state index in [4.69, 9.17) is 11.6 Å². The predicted octanol–water partition coefficient (Wildman–Crippen LogP) is 5.46. The molecular formula is C17H19ClS. The highest BCUT2D eigenvalue weighted by Gasteiger charge is 2.18. The third kappa shape index (κ3) is 2.88. The standard InChI is InChI=1S/C17H19ClS/c1-12-6-2-3-7-13(12)10-15(18)17-11-14-8-4-5-9-16(14)19-17/h2-3,6-7,11,15H,4-5,8-10H2,1H3. The van der Waals surface area contributed by atoms with Crippen molar-refractivity contribution in [2.24, 2.45) is 0 Å². The maximum atomic E-state index is 6.64. The van der Waals surface area contributed by atoms with Crippen molar-refractivity contribution in [2.45, 2.75) is 44.4 Å². The number of hydrogen-bond donors (Lipinski definition) is 0. The summed E-state index contributed by atoms with van der Waals surface area (Å²) in [5.74, 6) is 0. The number of fused-ring (bicyclic) bond motifs is 1. The summed E-state index contributed by atoms with van der Waals surface area (Å²) in [4.78, 5) is 2.94. The number of rotatable bonds is 3. The summed E-state index contributed by atoms with van der Waals surface area (Å²) in [6.45, 7) is 2.17. The van der Waals surface area contributed by atoms with Crippen molar-refractivity contribution < 1.29 is 0 Å². The summed E-state index contributed by atoms with van der Waals surface area (Å²) in [5, 5.41) is 0.122. The van der Waals surface area contributed by atoms with Gasteiger partial charge in [0.05, 0.1) is 5.38 Å². The highest BCUT2D eigenvalue weighted by Crippen LogP contribution is 2.37. The summed E-state index contributed by atoms with van der Waals surface area (Å²) in [7, 11) is 0. The van der Waals surface area contributed by atoms with Gasteiger partial charge in [0, 0.05) is 9.75 Å². The number of alkyl halides is 1. The summed E-state index contributed by atoms with van der Waals surface area (Å²) in [5.41, 5.74) is 4.27. The summed E-state index contributed by atoms with van der Waals surface area (Å²) in [6, 6.07) is 10.9. The molecule has 0 nitrogen and oxygen atoms in total. The van der Waals surface area contributed by atoms with Gasteiger partial charge in [-0.05, 0) is 61.8 Å². The maximum Gasteiger partial charge on any atom is 0.0719 e. The van der Waals surface area contributed by atoms with Crippen LogP contribution in [0.25, 0.3) is 0 Å². The summed E-state index contributed by atoms with van der Waals surface area (Å²) >= 11 is 8.58. The Morgan fingerprint density at radius 2 is 2.00 bits per heavy atom. The molecule has 0 fully saturated rings. The fraction of sp³-hybridized carbons (Fsp3) is 0.412. The van der Waals surface area contributed by atoms with Gasteiger partial charge in [-0.3, -0.25) is 0 Å². The minimum absolute atomic E-state index is 0.122. The van der Waals surface area contributed by atoms with E-state index < -0.39 is 0 Å². The molecule has 1 aromatic carbocycles. The molecule has 1 heterocycles. The molecule has 1 aliphatic rings. The van der Waals surface area contributed by atoms with Crippen molar-refractivity contribution in [1.82, 2.24) is 0 Å². The molecule has 0 spiro atoms. The van der Waals surface area contributed by atoms with E-state index in [0.717, 1.165) is 6.42 Å². The predicted molar refractivity (Wildman–Crippen MR) is 84.4 cm³/mol. The molecule has 2 aromatic rings. The third-order valence-electron chi connectivity index (χ3n) is 3.98. The Hall–Kier alpha value is -0.790. The van der Waals surface area contributed by atoms with Crippen LogP contribution in [0.15, 0.2) is 30.3 Å². The number of benzene rings is 1. The second-order valence-corrected chi connectivity index (χ2v) is 7.10. The van der Waals surface area contributed by atoms with Crippen LogP contribution in [-0.2, 0) is 19.3 Å². The van der Waals surface area contributed by atoms with Crippen LogP contribution in [0.2, 0.25) is 0 Å². The second kappa shape index (κ2) is 5.68. The Morgan fingerprint density at radius 3 is 2.79 bits per heavy atom. The quantitative estimate of drug-likeness (QED) is 0.659. The average molecular weight is 291 g/mol. The smallest absolute Gasteiger partial charge is 0.0719 e. The van der Waals surface area contributed by atoms with Crippen LogP contribution in [0, 0.1) is 6.92 Å². The molecule has 3 rings (SSSR count). The SMILES string of the molecule is Cc1ccccc1CC(Cl)c1cc2c(s1)CCCC2. The lowest BCUT2D eigenvalue weighted by Gasteiger charge is -2.09. The molecule has 0 N–H and O–H groups in total. The topological polar surface area (TPSA) is 0 Å². The molecule has 0 saturated heterocycles. The first-order valence-corrected chi connectivity index (χ1v) is 8.29. The first-order valence-electron chi connectivity index (χ1n) is 7.04. The second-order valence-electron chi connectivity index (χ2n) is 5.40. The van der Waals surface area contributed by atoms with E-state index in [1.807, 2.05) is 11.3 Å². The van der Waals surface area contributed by atoms with Gasteiger partial charge in [0.1, 0.15) is 0 Å². The average Bonchev–Trinajstić information content (AvgIpc) is 2.85.